The number of carbonyl (C=O) groups excluding carboxylic acids is 2. The Balaban J connectivity index is 1.64. The first-order valence-corrected chi connectivity index (χ1v) is 14.4. The van der Waals surface area contributed by atoms with Crippen molar-refractivity contribution in [3.05, 3.63) is 41.3 Å². The zero-order chi connectivity index (χ0) is 26.0. The summed E-state index contributed by atoms with van der Waals surface area (Å²) in [5.74, 6) is 0.0843. The lowest BCUT2D eigenvalue weighted by Crippen LogP contribution is -2.48. The van der Waals surface area contributed by atoms with Gasteiger partial charge in [-0.3, -0.25) is 9.59 Å². The molecule has 2 N–H and O–H groups in total. The fourth-order valence-electron chi connectivity index (χ4n) is 4.23. The van der Waals surface area contributed by atoms with Crippen LogP contribution in [0.3, 0.4) is 0 Å². The first-order chi connectivity index (χ1) is 17.1. The van der Waals surface area contributed by atoms with Crippen LogP contribution in [0.5, 0.6) is 5.75 Å². The van der Waals surface area contributed by atoms with Crippen LogP contribution in [-0.2, 0) is 26.0 Å². The minimum atomic E-state index is -3.69. The molecular formula is C25H33N3O6S2. The van der Waals surface area contributed by atoms with Gasteiger partial charge < -0.3 is 20.1 Å². The van der Waals surface area contributed by atoms with E-state index >= 15 is 0 Å². The Morgan fingerprint density at radius 2 is 2.08 bits per heavy atom. The summed E-state index contributed by atoms with van der Waals surface area (Å²) in [6, 6.07) is 8.06. The van der Waals surface area contributed by atoms with Crippen molar-refractivity contribution in [2.24, 2.45) is 11.8 Å². The second-order valence-electron chi connectivity index (χ2n) is 9.69. The minimum absolute atomic E-state index is 0.0345. The Morgan fingerprint density at radius 3 is 2.72 bits per heavy atom. The van der Waals surface area contributed by atoms with E-state index in [-0.39, 0.29) is 47.4 Å². The molecule has 196 valence electrons. The van der Waals surface area contributed by atoms with Crippen molar-refractivity contribution in [1.82, 2.24) is 9.21 Å². The third kappa shape index (κ3) is 5.91. The van der Waals surface area contributed by atoms with Gasteiger partial charge in [0, 0.05) is 36.7 Å². The zero-order valence-electron chi connectivity index (χ0n) is 20.7. The topological polar surface area (TPSA) is 116 Å². The first kappa shape index (κ1) is 26.6. The lowest BCUT2D eigenvalue weighted by atomic mass is 10.0. The lowest BCUT2D eigenvalue weighted by Gasteiger charge is -2.33. The van der Waals surface area contributed by atoms with Crippen LogP contribution in [0.25, 0.3) is 0 Å². The summed E-state index contributed by atoms with van der Waals surface area (Å²) >= 11 is 1.16. The number of rotatable bonds is 8. The predicted molar refractivity (Wildman–Crippen MR) is 137 cm³/mol. The van der Waals surface area contributed by atoms with Crippen LogP contribution < -0.4 is 10.1 Å². The van der Waals surface area contributed by atoms with Crippen molar-refractivity contribution >= 4 is 38.9 Å². The van der Waals surface area contributed by atoms with Crippen LogP contribution in [0.4, 0.5) is 5.69 Å². The van der Waals surface area contributed by atoms with Crippen molar-refractivity contribution < 1.29 is 27.9 Å². The van der Waals surface area contributed by atoms with Crippen molar-refractivity contribution in [3.8, 4) is 5.75 Å². The molecule has 0 spiro atoms. The number of likely N-dealkylation sites (N-methyl/N-ethyl adjacent to an activating group) is 1. The van der Waals surface area contributed by atoms with Gasteiger partial charge in [-0.25, -0.2) is 8.42 Å². The number of nitrogens with zero attached hydrogens (tertiary/aromatic N) is 2. The number of thiophene rings is 1. The monoisotopic (exact) mass is 535 g/mol. The molecule has 1 saturated carbocycles. The Kier molecular flexibility index (Phi) is 8.03. The highest BCUT2D eigenvalue weighted by Crippen LogP contribution is 2.33. The van der Waals surface area contributed by atoms with E-state index in [1.807, 2.05) is 6.92 Å². The fraction of sp³-hybridized carbons (Fsp3) is 0.520. The Morgan fingerprint density at radius 1 is 1.33 bits per heavy atom. The predicted octanol–water partition coefficient (Wildman–Crippen LogP) is 2.57. The van der Waals surface area contributed by atoms with E-state index in [4.69, 9.17) is 4.74 Å². The average Bonchev–Trinajstić information content (AvgIpc) is 3.54. The number of nitrogens with one attached hydrogen (secondary N) is 1. The highest BCUT2D eigenvalue weighted by atomic mass is 32.2. The average molecular weight is 536 g/mol. The van der Waals surface area contributed by atoms with Gasteiger partial charge in [0.05, 0.1) is 25.6 Å². The smallest absolute Gasteiger partial charge is 0.252 e. The van der Waals surface area contributed by atoms with Gasteiger partial charge in [0.1, 0.15) is 16.1 Å². The molecule has 2 aromatic rings. The molecule has 9 nitrogen and oxygen atoms in total. The number of aliphatic hydroxyl groups excluding tert-OH is 1. The number of hydrogen-bond acceptors (Lipinski definition) is 7. The number of fused-ring (bicyclic) bond motifs is 1. The van der Waals surface area contributed by atoms with Crippen LogP contribution in [0.15, 0.2) is 39.9 Å². The normalized spacial score (nSPS) is 21.7. The number of amides is 2. The molecule has 4 rings (SSSR count). The van der Waals surface area contributed by atoms with E-state index in [1.165, 1.54) is 11.4 Å². The summed E-state index contributed by atoms with van der Waals surface area (Å²) in [5.41, 5.74) is 1.19. The van der Waals surface area contributed by atoms with E-state index in [2.05, 4.69) is 5.32 Å². The minimum Gasteiger partial charge on any atom is -0.488 e. The number of ether oxygens (including phenoxy) is 1. The zero-order valence-corrected chi connectivity index (χ0v) is 22.3. The van der Waals surface area contributed by atoms with Crippen LogP contribution in [0.2, 0.25) is 0 Å². The molecule has 1 fully saturated rings. The molecule has 1 aromatic carbocycles. The number of hydrogen-bond donors (Lipinski definition) is 2. The second-order valence-corrected chi connectivity index (χ2v) is 12.9. The van der Waals surface area contributed by atoms with Gasteiger partial charge in [-0.15, -0.1) is 11.3 Å². The SMILES string of the molecule is C[C@@H]1CN([C@H](C)CO)C(=O)Cc2cc(NC(=O)C3CC3)ccc2O[C@@H]1CN(C)S(=O)(=O)c1cccs1. The van der Waals surface area contributed by atoms with E-state index in [9.17, 15) is 23.1 Å². The van der Waals surface area contributed by atoms with Crippen LogP contribution in [-0.4, -0.2) is 73.4 Å². The molecule has 0 bridgehead atoms. The van der Waals surface area contributed by atoms with E-state index in [0.717, 1.165) is 24.2 Å². The van der Waals surface area contributed by atoms with Gasteiger partial charge in [-0.05, 0) is 49.4 Å². The second kappa shape index (κ2) is 10.9. The Hall–Kier alpha value is -2.47. The molecular weight excluding hydrogens is 502 g/mol. The Labute approximate surface area is 216 Å². The molecule has 2 aliphatic rings. The number of sulfonamides is 1. The van der Waals surface area contributed by atoms with Gasteiger partial charge >= 0.3 is 0 Å². The maximum atomic E-state index is 13.3. The molecule has 0 radical (unpaired) electrons. The first-order valence-electron chi connectivity index (χ1n) is 12.1. The van der Waals surface area contributed by atoms with Crippen molar-refractivity contribution in [1.29, 1.82) is 0 Å². The summed E-state index contributed by atoms with van der Waals surface area (Å²) < 4.78 is 34.0. The Bertz CT molecular complexity index is 1200. The van der Waals surface area contributed by atoms with Crippen molar-refractivity contribution in [2.45, 2.75) is 49.5 Å². The van der Waals surface area contributed by atoms with Gasteiger partial charge in [-0.2, -0.15) is 4.31 Å². The molecule has 2 heterocycles. The van der Waals surface area contributed by atoms with Crippen LogP contribution in [0, 0.1) is 11.8 Å². The third-order valence-corrected chi connectivity index (χ3v) is 9.93. The summed E-state index contributed by atoms with van der Waals surface area (Å²) in [5, 5.41) is 14.4. The van der Waals surface area contributed by atoms with Gasteiger partial charge in [0.25, 0.3) is 10.0 Å². The maximum Gasteiger partial charge on any atom is 0.252 e. The maximum absolute atomic E-state index is 13.3. The lowest BCUT2D eigenvalue weighted by molar-refractivity contribution is -0.134. The summed E-state index contributed by atoms with van der Waals surface area (Å²) in [4.78, 5) is 27.2. The molecule has 1 aromatic heterocycles. The quantitative estimate of drug-likeness (QED) is 0.537. The van der Waals surface area contributed by atoms with E-state index in [1.54, 1.807) is 47.5 Å². The van der Waals surface area contributed by atoms with Crippen LogP contribution >= 0.6 is 11.3 Å². The number of benzene rings is 1. The summed E-state index contributed by atoms with van der Waals surface area (Å²) in [7, 11) is -2.17. The van der Waals surface area contributed by atoms with Gasteiger partial charge in [-0.1, -0.05) is 13.0 Å². The molecule has 2 amide bonds. The molecule has 1 aliphatic heterocycles. The van der Waals surface area contributed by atoms with Crippen LogP contribution in [0.1, 0.15) is 32.3 Å². The number of aliphatic hydroxyl groups is 1. The summed E-state index contributed by atoms with van der Waals surface area (Å²) in [6.07, 6.45) is 1.24. The largest absolute Gasteiger partial charge is 0.488 e. The molecule has 36 heavy (non-hydrogen) atoms. The molecule has 11 heteroatoms. The van der Waals surface area contributed by atoms with Gasteiger partial charge in [0.2, 0.25) is 11.8 Å². The molecule has 0 unspecified atom stereocenters. The van der Waals surface area contributed by atoms with E-state index < -0.39 is 22.2 Å². The molecule has 3 atom stereocenters. The summed E-state index contributed by atoms with van der Waals surface area (Å²) in [6.45, 7) is 3.88. The molecule has 0 saturated heterocycles. The van der Waals surface area contributed by atoms with Crippen molar-refractivity contribution in [3.63, 3.8) is 0 Å². The fourth-order valence-corrected chi connectivity index (χ4v) is 6.61. The van der Waals surface area contributed by atoms with E-state index in [0.29, 0.717) is 23.5 Å². The van der Waals surface area contributed by atoms with Crippen molar-refractivity contribution in [2.75, 3.05) is 32.1 Å². The highest BCUT2D eigenvalue weighted by Gasteiger charge is 2.34. The standard InChI is InChI=1S/C25H33N3O6S2/c1-16-13-28(17(2)15-29)23(30)12-19-11-20(26-25(31)18-6-7-18)8-9-21(19)34-22(16)14-27(3)36(32,33)24-5-4-10-35-24/h4-5,8-11,16-18,22,29H,6-7,12-15H2,1-3H3,(H,26,31)/t16-,17-,22-/m1/s1. The number of carbonyl (C=O) groups is 2. The third-order valence-electron chi connectivity index (χ3n) is 6.73. The highest BCUT2D eigenvalue weighted by molar-refractivity contribution is 7.91. The molecule has 1 aliphatic carbocycles. The van der Waals surface area contributed by atoms with Gasteiger partial charge in [0.15, 0.2) is 0 Å². The number of anilines is 1.